The number of benzene rings is 3. The highest BCUT2D eigenvalue weighted by Crippen LogP contribution is 2.39. The van der Waals surface area contributed by atoms with Crippen LogP contribution in [0, 0.1) is 0 Å². The van der Waals surface area contributed by atoms with E-state index in [0.29, 0.717) is 16.6 Å². The highest BCUT2D eigenvalue weighted by Gasteiger charge is 2.34. The molecule has 0 spiro atoms. The summed E-state index contributed by atoms with van der Waals surface area (Å²) in [5.74, 6) is 0. The Labute approximate surface area is 193 Å². The van der Waals surface area contributed by atoms with Gasteiger partial charge >= 0.3 is 6.18 Å². The lowest BCUT2D eigenvalue weighted by atomic mass is 10.1. The van der Waals surface area contributed by atoms with Gasteiger partial charge in [-0.3, -0.25) is 10.3 Å². The minimum Gasteiger partial charge on any atom is -0.374 e. The molecule has 1 aliphatic rings. The van der Waals surface area contributed by atoms with Crippen molar-refractivity contribution >= 4 is 22.6 Å². The van der Waals surface area contributed by atoms with Crippen molar-refractivity contribution in [3.05, 3.63) is 94.1 Å². The van der Waals surface area contributed by atoms with Crippen molar-refractivity contribution in [2.75, 3.05) is 0 Å². The predicted molar refractivity (Wildman–Crippen MR) is 121 cm³/mol. The molecule has 1 unspecified atom stereocenters. The van der Waals surface area contributed by atoms with Crippen LogP contribution in [0.2, 0.25) is 5.02 Å². The first-order chi connectivity index (χ1) is 15.8. The topological polar surface area (TPSA) is 58.0 Å². The van der Waals surface area contributed by atoms with Crippen LogP contribution in [0.3, 0.4) is 0 Å². The lowest BCUT2D eigenvalue weighted by molar-refractivity contribution is -0.137. The highest BCUT2D eigenvalue weighted by atomic mass is 35.5. The fraction of sp³-hybridized carbons (Fsp3) is 0.200. The molecule has 0 saturated carbocycles. The zero-order valence-electron chi connectivity index (χ0n) is 17.3. The first-order valence-corrected chi connectivity index (χ1v) is 10.8. The molecule has 5 rings (SSSR count). The number of aliphatic hydroxyl groups is 1. The van der Waals surface area contributed by atoms with Gasteiger partial charge in [0.25, 0.3) is 0 Å². The maximum Gasteiger partial charge on any atom is 0.417 e. The predicted octanol–water partition coefficient (Wildman–Crippen LogP) is 6.24. The number of halogens is 4. The van der Waals surface area contributed by atoms with Crippen molar-refractivity contribution in [3.63, 3.8) is 0 Å². The number of fused-ring (bicyclic) bond motifs is 2. The van der Waals surface area contributed by atoms with Gasteiger partial charge in [-0.15, -0.1) is 0 Å². The van der Waals surface area contributed by atoms with E-state index in [1.54, 1.807) is 18.2 Å². The number of aryl methyl sites for hydroxylation is 1. The first-order valence-electron chi connectivity index (χ1n) is 10.5. The van der Waals surface area contributed by atoms with Crippen molar-refractivity contribution in [1.82, 2.24) is 15.3 Å². The van der Waals surface area contributed by atoms with E-state index >= 15 is 0 Å². The Morgan fingerprint density at radius 1 is 1.03 bits per heavy atom. The molecule has 0 saturated heterocycles. The van der Waals surface area contributed by atoms with Crippen LogP contribution in [0.15, 0.2) is 66.9 Å². The Morgan fingerprint density at radius 2 is 1.85 bits per heavy atom. The van der Waals surface area contributed by atoms with Crippen LogP contribution < -0.4 is 5.32 Å². The summed E-state index contributed by atoms with van der Waals surface area (Å²) in [5, 5.41) is 13.6. The summed E-state index contributed by atoms with van der Waals surface area (Å²) in [6.07, 6.45) is -2.20. The van der Waals surface area contributed by atoms with Crippen molar-refractivity contribution in [2.24, 2.45) is 0 Å². The summed E-state index contributed by atoms with van der Waals surface area (Å²) in [7, 11) is 0. The molecular formula is C25H19ClF3N3O. The van der Waals surface area contributed by atoms with E-state index in [2.05, 4.69) is 27.4 Å². The van der Waals surface area contributed by atoms with Gasteiger partial charge in [0.2, 0.25) is 0 Å². The van der Waals surface area contributed by atoms with Crippen LogP contribution in [-0.2, 0) is 12.6 Å². The smallest absolute Gasteiger partial charge is 0.374 e. The lowest BCUT2D eigenvalue weighted by Crippen LogP contribution is -2.24. The van der Waals surface area contributed by atoms with E-state index in [1.807, 2.05) is 12.1 Å². The van der Waals surface area contributed by atoms with Gasteiger partial charge in [0, 0.05) is 11.6 Å². The maximum absolute atomic E-state index is 13.2. The molecule has 1 aromatic heterocycles. The number of hydrogen-bond donors (Lipinski definition) is 2. The molecule has 2 atom stereocenters. The fourth-order valence-electron chi connectivity index (χ4n) is 4.29. The molecule has 8 heteroatoms. The van der Waals surface area contributed by atoms with E-state index in [1.165, 1.54) is 29.5 Å². The lowest BCUT2D eigenvalue weighted by Gasteiger charge is -2.20. The SMILES string of the molecule is OC(N[C@H]1CCc2ccccc21)c1ccc2nc(-c3cccc(C(F)(F)F)c3Cl)cnc2c1. The summed E-state index contributed by atoms with van der Waals surface area (Å²) in [4.78, 5) is 8.81. The molecule has 0 amide bonds. The molecule has 1 aliphatic carbocycles. The number of aromatic nitrogens is 2. The molecule has 0 fully saturated rings. The minimum atomic E-state index is -4.56. The summed E-state index contributed by atoms with van der Waals surface area (Å²) < 4.78 is 39.6. The number of nitrogens with zero attached hydrogens (tertiary/aromatic N) is 2. The third-order valence-corrected chi connectivity index (χ3v) is 6.36. The van der Waals surface area contributed by atoms with Crippen LogP contribution in [0.5, 0.6) is 0 Å². The summed E-state index contributed by atoms with van der Waals surface area (Å²) in [6.45, 7) is 0. The molecule has 0 bridgehead atoms. The third-order valence-electron chi connectivity index (χ3n) is 5.95. The van der Waals surface area contributed by atoms with Gasteiger partial charge in [0.05, 0.1) is 33.5 Å². The van der Waals surface area contributed by atoms with Gasteiger partial charge in [-0.2, -0.15) is 13.2 Å². The molecule has 33 heavy (non-hydrogen) atoms. The van der Waals surface area contributed by atoms with Crippen LogP contribution in [-0.4, -0.2) is 15.1 Å². The van der Waals surface area contributed by atoms with Crippen LogP contribution in [0.4, 0.5) is 13.2 Å². The summed E-state index contributed by atoms with van der Waals surface area (Å²) >= 11 is 6.03. The minimum absolute atomic E-state index is 0.0587. The van der Waals surface area contributed by atoms with Gasteiger partial charge in [-0.25, -0.2) is 4.98 Å². The number of nitrogens with one attached hydrogen (secondary N) is 1. The molecule has 4 nitrogen and oxygen atoms in total. The van der Waals surface area contributed by atoms with Gasteiger partial charge in [-0.1, -0.05) is 54.1 Å². The van der Waals surface area contributed by atoms with Crippen molar-refractivity contribution < 1.29 is 18.3 Å². The second-order valence-corrected chi connectivity index (χ2v) is 8.41. The van der Waals surface area contributed by atoms with Crippen LogP contribution in [0.25, 0.3) is 22.3 Å². The molecule has 0 aliphatic heterocycles. The average molecular weight is 470 g/mol. The molecular weight excluding hydrogens is 451 g/mol. The van der Waals surface area contributed by atoms with Crippen molar-refractivity contribution in [3.8, 4) is 11.3 Å². The normalized spacial score (nSPS) is 16.7. The van der Waals surface area contributed by atoms with Crippen molar-refractivity contribution in [2.45, 2.75) is 31.3 Å². The average Bonchev–Trinajstić information content (AvgIpc) is 3.20. The van der Waals surface area contributed by atoms with Gasteiger partial charge in [-0.05, 0) is 47.7 Å². The number of alkyl halides is 3. The summed E-state index contributed by atoms with van der Waals surface area (Å²) in [6, 6.07) is 17.1. The van der Waals surface area contributed by atoms with E-state index in [-0.39, 0.29) is 17.3 Å². The summed E-state index contributed by atoms with van der Waals surface area (Å²) in [5.41, 5.74) is 3.61. The van der Waals surface area contributed by atoms with Gasteiger partial charge in [0.1, 0.15) is 6.23 Å². The zero-order chi connectivity index (χ0) is 23.2. The Hall–Kier alpha value is -3.00. The standard InChI is InChI=1S/C25H19ClF3N3O/c26-23-17(6-3-7-18(23)25(27,28)29)22-13-30-21-12-15(9-11-20(21)31-22)24(33)32-19-10-8-14-4-1-2-5-16(14)19/h1-7,9,11-13,19,24,32-33H,8,10H2/t19-,24?/m0/s1. The first kappa shape index (κ1) is 21.8. The second kappa shape index (κ2) is 8.41. The number of rotatable bonds is 4. The molecule has 0 radical (unpaired) electrons. The Balaban J connectivity index is 1.41. The van der Waals surface area contributed by atoms with Gasteiger partial charge < -0.3 is 5.11 Å². The molecule has 2 N–H and O–H groups in total. The molecule has 1 heterocycles. The highest BCUT2D eigenvalue weighted by molar-refractivity contribution is 6.34. The van der Waals surface area contributed by atoms with E-state index in [0.717, 1.165) is 18.9 Å². The number of hydrogen-bond acceptors (Lipinski definition) is 4. The van der Waals surface area contributed by atoms with E-state index in [9.17, 15) is 18.3 Å². The van der Waals surface area contributed by atoms with Gasteiger partial charge in [0.15, 0.2) is 0 Å². The largest absolute Gasteiger partial charge is 0.417 e. The van der Waals surface area contributed by atoms with E-state index in [4.69, 9.17) is 11.6 Å². The Bertz CT molecular complexity index is 1340. The quantitative estimate of drug-likeness (QED) is 0.347. The maximum atomic E-state index is 13.2. The molecule has 4 aromatic rings. The second-order valence-electron chi connectivity index (χ2n) is 8.03. The third kappa shape index (κ3) is 4.19. The fourth-order valence-corrected chi connectivity index (χ4v) is 4.62. The zero-order valence-corrected chi connectivity index (χ0v) is 18.0. The number of aliphatic hydroxyl groups excluding tert-OH is 1. The van der Waals surface area contributed by atoms with Crippen LogP contribution >= 0.6 is 11.6 Å². The Morgan fingerprint density at radius 3 is 2.67 bits per heavy atom. The molecule has 3 aromatic carbocycles. The monoisotopic (exact) mass is 469 g/mol. The molecule has 168 valence electrons. The van der Waals surface area contributed by atoms with Crippen LogP contribution in [0.1, 0.15) is 40.9 Å². The Kier molecular flexibility index (Phi) is 5.56. The van der Waals surface area contributed by atoms with E-state index < -0.39 is 23.0 Å². The van der Waals surface area contributed by atoms with Crippen molar-refractivity contribution in [1.29, 1.82) is 0 Å².